The van der Waals surface area contributed by atoms with Crippen molar-refractivity contribution in [2.75, 3.05) is 6.54 Å². The van der Waals surface area contributed by atoms with Gasteiger partial charge < -0.3 is 10.2 Å². The van der Waals surface area contributed by atoms with Gasteiger partial charge in [-0.3, -0.25) is 0 Å². The van der Waals surface area contributed by atoms with E-state index in [1.807, 2.05) is 0 Å². The molecular formula is C12H13ClFNO5S. The van der Waals surface area contributed by atoms with Crippen molar-refractivity contribution < 1.29 is 27.8 Å². The highest BCUT2D eigenvalue weighted by atomic mass is 35.5. The maximum absolute atomic E-state index is 14.0. The molecule has 1 aliphatic rings. The normalized spacial score (nSPS) is 21.9. The lowest BCUT2D eigenvalue weighted by Gasteiger charge is -2.31. The van der Waals surface area contributed by atoms with Crippen molar-refractivity contribution in [3.05, 3.63) is 28.5 Å². The van der Waals surface area contributed by atoms with Crippen LogP contribution in [0.2, 0.25) is 5.02 Å². The zero-order chi connectivity index (χ0) is 15.8. The third-order valence-electron chi connectivity index (χ3n) is 3.30. The molecule has 1 aromatic carbocycles. The Hall–Kier alpha value is -1.22. The molecule has 0 saturated heterocycles. The van der Waals surface area contributed by atoms with E-state index >= 15 is 0 Å². The summed E-state index contributed by atoms with van der Waals surface area (Å²) in [7, 11) is -4.21. The summed E-state index contributed by atoms with van der Waals surface area (Å²) in [6, 6.07) is 1.71. The molecule has 1 saturated carbocycles. The highest BCUT2D eigenvalue weighted by molar-refractivity contribution is 7.89. The number of rotatable bonds is 5. The smallest absolute Gasteiger partial charge is 0.338 e. The number of benzene rings is 1. The van der Waals surface area contributed by atoms with Crippen LogP contribution in [0.4, 0.5) is 4.39 Å². The van der Waals surface area contributed by atoms with Gasteiger partial charge in [0.2, 0.25) is 10.0 Å². The molecule has 0 aliphatic heterocycles. The highest BCUT2D eigenvalue weighted by Gasteiger charge is 2.30. The molecule has 0 unspecified atom stereocenters. The molecule has 1 aromatic rings. The van der Waals surface area contributed by atoms with Gasteiger partial charge in [0.05, 0.1) is 11.7 Å². The Kier molecular flexibility index (Phi) is 4.52. The average Bonchev–Trinajstić information content (AvgIpc) is 2.35. The van der Waals surface area contributed by atoms with Crippen LogP contribution in [0.5, 0.6) is 0 Å². The van der Waals surface area contributed by atoms with Gasteiger partial charge in [0.1, 0.15) is 4.90 Å². The topological polar surface area (TPSA) is 104 Å². The van der Waals surface area contributed by atoms with Crippen molar-refractivity contribution in [1.82, 2.24) is 4.72 Å². The molecule has 21 heavy (non-hydrogen) atoms. The molecule has 0 amide bonds. The number of carboxylic acids is 1. The van der Waals surface area contributed by atoms with Crippen LogP contribution in [0.15, 0.2) is 17.0 Å². The maximum Gasteiger partial charge on any atom is 0.338 e. The summed E-state index contributed by atoms with van der Waals surface area (Å²) in [6.07, 6.45) is 0.517. The molecule has 1 aliphatic carbocycles. The van der Waals surface area contributed by atoms with E-state index in [9.17, 15) is 17.6 Å². The van der Waals surface area contributed by atoms with E-state index < -0.39 is 38.4 Å². The molecular weight excluding hydrogens is 325 g/mol. The number of carbonyl (C=O) groups is 1. The Labute approximate surface area is 125 Å². The Bertz CT molecular complexity index is 672. The second kappa shape index (κ2) is 5.88. The number of aromatic carboxylic acids is 1. The number of aliphatic hydroxyl groups excluding tert-OH is 1. The van der Waals surface area contributed by atoms with Gasteiger partial charge in [0.25, 0.3) is 0 Å². The summed E-state index contributed by atoms with van der Waals surface area (Å²) in [5, 5.41) is 17.8. The van der Waals surface area contributed by atoms with Crippen molar-refractivity contribution >= 4 is 27.6 Å². The second-order valence-corrected chi connectivity index (χ2v) is 7.09. The van der Waals surface area contributed by atoms with Crippen molar-refractivity contribution in [1.29, 1.82) is 0 Å². The summed E-state index contributed by atoms with van der Waals surface area (Å²) < 4.78 is 40.3. The number of carboxylic acid groups (broad SMARTS) is 1. The minimum atomic E-state index is -4.21. The van der Waals surface area contributed by atoms with Crippen molar-refractivity contribution in [3.8, 4) is 0 Å². The Balaban J connectivity index is 2.25. The minimum Gasteiger partial charge on any atom is -0.478 e. The third-order valence-corrected chi connectivity index (χ3v) is 4.94. The second-order valence-electron chi connectivity index (χ2n) is 4.91. The first-order chi connectivity index (χ1) is 9.70. The fourth-order valence-corrected chi connectivity index (χ4v) is 3.61. The zero-order valence-corrected chi connectivity index (χ0v) is 12.3. The first kappa shape index (κ1) is 16.2. The molecule has 6 nitrogen and oxygen atoms in total. The van der Waals surface area contributed by atoms with Gasteiger partial charge in [-0.05, 0) is 30.9 Å². The highest BCUT2D eigenvalue weighted by Crippen LogP contribution is 2.28. The number of aliphatic hydroxyl groups is 1. The van der Waals surface area contributed by atoms with Crippen molar-refractivity contribution in [2.24, 2.45) is 5.92 Å². The van der Waals surface area contributed by atoms with Gasteiger partial charge in [-0.15, -0.1) is 0 Å². The van der Waals surface area contributed by atoms with E-state index in [0.29, 0.717) is 12.8 Å². The van der Waals surface area contributed by atoms with Crippen LogP contribution in [0.3, 0.4) is 0 Å². The van der Waals surface area contributed by atoms with E-state index in [1.165, 1.54) is 0 Å². The lowest BCUT2D eigenvalue weighted by atomic mass is 9.83. The zero-order valence-electron chi connectivity index (χ0n) is 10.7. The fraction of sp³-hybridized carbons (Fsp3) is 0.417. The monoisotopic (exact) mass is 337 g/mol. The van der Waals surface area contributed by atoms with Gasteiger partial charge in [-0.1, -0.05) is 11.6 Å². The molecule has 116 valence electrons. The maximum atomic E-state index is 14.0. The van der Waals surface area contributed by atoms with E-state index in [1.54, 1.807) is 0 Å². The van der Waals surface area contributed by atoms with Crippen LogP contribution in [-0.2, 0) is 10.0 Å². The summed E-state index contributed by atoms with van der Waals surface area (Å²) >= 11 is 5.64. The SMILES string of the molecule is O=C(O)c1cc(Cl)cc(S(=O)(=O)NCC2CC(O)C2)c1F. The van der Waals surface area contributed by atoms with Gasteiger partial charge >= 0.3 is 5.97 Å². The standard InChI is InChI=1S/C12H13ClFNO5S/c13-7-3-9(12(17)18)11(14)10(4-7)21(19,20)15-5-6-1-8(16)2-6/h3-4,6,8,15-16H,1-2,5H2,(H,17,18). The largest absolute Gasteiger partial charge is 0.478 e. The van der Waals surface area contributed by atoms with E-state index in [4.69, 9.17) is 21.8 Å². The predicted molar refractivity (Wildman–Crippen MR) is 72.3 cm³/mol. The molecule has 0 atom stereocenters. The van der Waals surface area contributed by atoms with Crippen LogP contribution < -0.4 is 4.72 Å². The van der Waals surface area contributed by atoms with Crippen LogP contribution in [0.1, 0.15) is 23.2 Å². The summed E-state index contributed by atoms with van der Waals surface area (Å²) in [6.45, 7) is 0.0494. The average molecular weight is 338 g/mol. The quantitative estimate of drug-likeness (QED) is 0.749. The van der Waals surface area contributed by atoms with E-state index in [-0.39, 0.29) is 17.5 Å². The summed E-state index contributed by atoms with van der Waals surface area (Å²) in [5.41, 5.74) is -0.804. The van der Waals surface area contributed by atoms with Gasteiger partial charge in [-0.25, -0.2) is 22.3 Å². The van der Waals surface area contributed by atoms with E-state index in [2.05, 4.69) is 4.72 Å². The molecule has 1 fully saturated rings. The lowest BCUT2D eigenvalue weighted by molar-refractivity contribution is 0.0453. The van der Waals surface area contributed by atoms with Gasteiger partial charge in [0, 0.05) is 11.6 Å². The number of hydrogen-bond acceptors (Lipinski definition) is 4. The molecule has 0 aromatic heterocycles. The Morgan fingerprint density at radius 1 is 1.43 bits per heavy atom. The fourth-order valence-electron chi connectivity index (χ4n) is 2.09. The third kappa shape index (κ3) is 3.52. The van der Waals surface area contributed by atoms with Crippen LogP contribution >= 0.6 is 11.6 Å². The number of halogens is 2. The summed E-state index contributed by atoms with van der Waals surface area (Å²) in [4.78, 5) is 10.1. The molecule has 0 radical (unpaired) electrons. The van der Waals surface area contributed by atoms with Crippen LogP contribution in [0.25, 0.3) is 0 Å². The van der Waals surface area contributed by atoms with Crippen LogP contribution in [-0.4, -0.2) is 37.2 Å². The summed E-state index contributed by atoms with van der Waals surface area (Å²) in [5.74, 6) is -2.97. The number of sulfonamides is 1. The molecule has 3 N–H and O–H groups in total. The van der Waals surface area contributed by atoms with Crippen molar-refractivity contribution in [2.45, 2.75) is 23.8 Å². The first-order valence-corrected chi connectivity index (χ1v) is 7.97. The Morgan fingerprint density at radius 2 is 2.05 bits per heavy atom. The van der Waals surface area contributed by atoms with Crippen molar-refractivity contribution in [3.63, 3.8) is 0 Å². The van der Waals surface area contributed by atoms with E-state index in [0.717, 1.165) is 12.1 Å². The predicted octanol–water partition coefficient (Wildman–Crippen LogP) is 1.23. The molecule has 0 heterocycles. The molecule has 2 rings (SSSR count). The molecule has 0 bridgehead atoms. The minimum absolute atomic E-state index is 0.0176. The molecule has 0 spiro atoms. The van der Waals surface area contributed by atoms with Crippen LogP contribution in [0, 0.1) is 11.7 Å². The number of nitrogens with one attached hydrogen (secondary N) is 1. The Morgan fingerprint density at radius 3 is 2.57 bits per heavy atom. The molecule has 9 heteroatoms. The number of hydrogen-bond donors (Lipinski definition) is 3. The first-order valence-electron chi connectivity index (χ1n) is 6.10. The van der Waals surface area contributed by atoms with Gasteiger partial charge in [0.15, 0.2) is 5.82 Å². The van der Waals surface area contributed by atoms with Gasteiger partial charge in [-0.2, -0.15) is 0 Å². The lowest BCUT2D eigenvalue weighted by Crippen LogP contribution is -2.38.